The van der Waals surface area contributed by atoms with Crippen LogP contribution in [0.2, 0.25) is 0 Å². The van der Waals surface area contributed by atoms with E-state index in [9.17, 15) is 4.39 Å². The summed E-state index contributed by atoms with van der Waals surface area (Å²) in [6.45, 7) is 0.916. The molecule has 1 aliphatic rings. The Bertz CT molecular complexity index is 655. The third kappa shape index (κ3) is 2.72. The van der Waals surface area contributed by atoms with Gasteiger partial charge < -0.3 is 9.55 Å². The Hall–Kier alpha value is -0.430. The monoisotopic (exact) mass is 390 g/mol. The molecule has 0 spiro atoms. The number of nitrogens with zero attached hydrogens (tertiary/aromatic N) is 1. The summed E-state index contributed by atoms with van der Waals surface area (Å²) in [5.41, 5.74) is 1.83. The highest BCUT2D eigenvalue weighted by Gasteiger charge is 2.16. The Morgan fingerprint density at radius 3 is 2.79 bits per heavy atom. The van der Waals surface area contributed by atoms with Crippen molar-refractivity contribution in [1.82, 2.24) is 9.55 Å². The molecular formula is C14H16FIN2S. The number of H-pyrrole nitrogens is 1. The first kappa shape index (κ1) is 13.5. The molecule has 0 bridgehead atoms. The Morgan fingerprint density at radius 2 is 2.05 bits per heavy atom. The van der Waals surface area contributed by atoms with Crippen molar-refractivity contribution in [2.24, 2.45) is 5.92 Å². The molecule has 0 radical (unpaired) electrons. The fourth-order valence-electron chi connectivity index (χ4n) is 2.96. The van der Waals surface area contributed by atoms with E-state index < -0.39 is 0 Å². The molecule has 1 fully saturated rings. The van der Waals surface area contributed by atoms with Crippen LogP contribution in [0, 0.1) is 20.1 Å². The van der Waals surface area contributed by atoms with E-state index in [1.165, 1.54) is 32.1 Å². The first-order valence-corrected chi connectivity index (χ1v) is 8.21. The van der Waals surface area contributed by atoms with Crippen LogP contribution in [-0.4, -0.2) is 9.55 Å². The van der Waals surface area contributed by atoms with E-state index in [0.717, 1.165) is 17.6 Å². The third-order valence-corrected chi connectivity index (χ3v) is 5.13. The molecule has 1 saturated carbocycles. The highest BCUT2D eigenvalue weighted by atomic mass is 127. The van der Waals surface area contributed by atoms with Crippen LogP contribution >= 0.6 is 34.8 Å². The molecule has 3 rings (SSSR count). The van der Waals surface area contributed by atoms with E-state index in [2.05, 4.69) is 9.55 Å². The van der Waals surface area contributed by atoms with Gasteiger partial charge in [0.05, 0.1) is 14.6 Å². The summed E-state index contributed by atoms with van der Waals surface area (Å²) in [5.74, 6) is 0.515. The lowest BCUT2D eigenvalue weighted by atomic mass is 9.89. The van der Waals surface area contributed by atoms with E-state index in [1.807, 2.05) is 28.7 Å². The smallest absolute Gasteiger partial charge is 0.178 e. The van der Waals surface area contributed by atoms with Gasteiger partial charge in [0, 0.05) is 12.6 Å². The zero-order chi connectivity index (χ0) is 13.4. The summed E-state index contributed by atoms with van der Waals surface area (Å²) in [7, 11) is 0. The minimum atomic E-state index is -0.167. The highest BCUT2D eigenvalue weighted by Crippen LogP contribution is 2.27. The lowest BCUT2D eigenvalue weighted by molar-refractivity contribution is 0.321. The predicted molar refractivity (Wildman–Crippen MR) is 86.4 cm³/mol. The molecule has 0 amide bonds. The van der Waals surface area contributed by atoms with Gasteiger partial charge in [-0.15, -0.1) is 0 Å². The molecule has 1 heterocycles. The van der Waals surface area contributed by atoms with Crippen molar-refractivity contribution in [2.75, 3.05) is 0 Å². The number of nitrogens with one attached hydrogen (secondary N) is 1. The molecule has 1 aliphatic carbocycles. The van der Waals surface area contributed by atoms with Gasteiger partial charge in [0.25, 0.3) is 0 Å². The average Bonchev–Trinajstić information content (AvgIpc) is 2.68. The minimum absolute atomic E-state index is 0.167. The van der Waals surface area contributed by atoms with Crippen molar-refractivity contribution in [3.05, 3.63) is 26.3 Å². The normalized spacial score (nSPS) is 17.2. The Balaban J connectivity index is 2.00. The van der Waals surface area contributed by atoms with Crippen molar-refractivity contribution in [3.63, 3.8) is 0 Å². The maximum atomic E-state index is 13.7. The average molecular weight is 390 g/mol. The maximum absolute atomic E-state index is 13.7. The number of imidazole rings is 1. The minimum Gasteiger partial charge on any atom is -0.331 e. The predicted octanol–water partition coefficient (Wildman–Crippen LogP) is 5.02. The fraction of sp³-hybridized carbons (Fsp3) is 0.500. The Kier molecular flexibility index (Phi) is 3.93. The molecule has 0 atom stereocenters. The summed E-state index contributed by atoms with van der Waals surface area (Å²) in [6, 6.07) is 3.44. The van der Waals surface area contributed by atoms with E-state index in [4.69, 9.17) is 12.2 Å². The SMILES string of the molecule is Fc1cc2c(cc1I)[nH]c(=S)n2CC1CCCCC1. The van der Waals surface area contributed by atoms with Gasteiger partial charge in [-0.1, -0.05) is 19.3 Å². The first-order valence-electron chi connectivity index (χ1n) is 6.72. The molecule has 5 heteroatoms. The second kappa shape index (κ2) is 5.52. The van der Waals surface area contributed by atoms with Gasteiger partial charge >= 0.3 is 0 Å². The van der Waals surface area contributed by atoms with Crippen LogP contribution in [0.15, 0.2) is 12.1 Å². The topological polar surface area (TPSA) is 20.7 Å². The van der Waals surface area contributed by atoms with Crippen molar-refractivity contribution >= 4 is 45.8 Å². The molecule has 0 unspecified atom stereocenters. The standard InChI is InChI=1S/C14H16FIN2S/c15-10-6-13-12(7-11(10)16)17-14(19)18(13)8-9-4-2-1-3-5-9/h6-7,9H,1-5,8H2,(H,17,19). The van der Waals surface area contributed by atoms with Crippen LogP contribution in [0.3, 0.4) is 0 Å². The molecule has 19 heavy (non-hydrogen) atoms. The van der Waals surface area contributed by atoms with Crippen molar-refractivity contribution in [3.8, 4) is 0 Å². The molecule has 0 aliphatic heterocycles. The Morgan fingerprint density at radius 1 is 1.32 bits per heavy atom. The third-order valence-electron chi connectivity index (χ3n) is 3.98. The Labute approximate surface area is 130 Å². The number of halogens is 2. The first-order chi connectivity index (χ1) is 9.15. The van der Waals surface area contributed by atoms with Crippen LogP contribution in [0.4, 0.5) is 4.39 Å². The lowest BCUT2D eigenvalue weighted by Crippen LogP contribution is -2.14. The van der Waals surface area contributed by atoms with E-state index in [1.54, 1.807) is 6.07 Å². The second-order valence-electron chi connectivity index (χ2n) is 5.33. The van der Waals surface area contributed by atoms with Crippen molar-refractivity contribution < 1.29 is 4.39 Å². The maximum Gasteiger partial charge on any atom is 0.178 e. The number of hydrogen-bond donors (Lipinski definition) is 1. The number of aromatic amines is 1. The highest BCUT2D eigenvalue weighted by molar-refractivity contribution is 14.1. The zero-order valence-electron chi connectivity index (χ0n) is 10.6. The van der Waals surface area contributed by atoms with Crippen LogP contribution < -0.4 is 0 Å². The van der Waals surface area contributed by atoms with E-state index >= 15 is 0 Å². The molecule has 102 valence electrons. The zero-order valence-corrected chi connectivity index (χ0v) is 13.6. The summed E-state index contributed by atoms with van der Waals surface area (Å²) >= 11 is 7.40. The molecule has 1 aromatic heterocycles. The molecule has 2 nitrogen and oxygen atoms in total. The van der Waals surface area contributed by atoms with Gasteiger partial charge in [0.15, 0.2) is 4.77 Å². The number of hydrogen-bond acceptors (Lipinski definition) is 1. The summed E-state index contributed by atoms with van der Waals surface area (Å²) in [4.78, 5) is 3.19. The van der Waals surface area contributed by atoms with Crippen LogP contribution in [0.5, 0.6) is 0 Å². The van der Waals surface area contributed by atoms with Crippen molar-refractivity contribution in [2.45, 2.75) is 38.6 Å². The molecule has 0 saturated heterocycles. The second-order valence-corrected chi connectivity index (χ2v) is 6.88. The number of rotatable bonds is 2. The van der Waals surface area contributed by atoms with Gasteiger partial charge in [-0.25, -0.2) is 4.39 Å². The van der Waals surface area contributed by atoms with E-state index in [-0.39, 0.29) is 5.82 Å². The van der Waals surface area contributed by atoms with Gasteiger partial charge in [-0.2, -0.15) is 0 Å². The molecule has 1 aromatic carbocycles. The number of benzene rings is 1. The largest absolute Gasteiger partial charge is 0.331 e. The number of aromatic nitrogens is 2. The summed E-state index contributed by atoms with van der Waals surface area (Å²) < 4.78 is 17.2. The van der Waals surface area contributed by atoms with Gasteiger partial charge in [-0.3, -0.25) is 0 Å². The van der Waals surface area contributed by atoms with Crippen LogP contribution in [-0.2, 0) is 6.54 Å². The summed E-state index contributed by atoms with van der Waals surface area (Å²) in [5, 5.41) is 0. The molecular weight excluding hydrogens is 374 g/mol. The van der Waals surface area contributed by atoms with Crippen LogP contribution in [0.25, 0.3) is 11.0 Å². The van der Waals surface area contributed by atoms with Gasteiger partial charge in [-0.05, 0) is 59.6 Å². The van der Waals surface area contributed by atoms with Gasteiger partial charge in [0.1, 0.15) is 5.82 Å². The van der Waals surface area contributed by atoms with Gasteiger partial charge in [0.2, 0.25) is 0 Å². The summed E-state index contributed by atoms with van der Waals surface area (Å²) in [6.07, 6.45) is 6.50. The molecule has 1 N–H and O–H groups in total. The fourth-order valence-corrected chi connectivity index (χ4v) is 3.71. The number of fused-ring (bicyclic) bond motifs is 1. The van der Waals surface area contributed by atoms with Crippen LogP contribution in [0.1, 0.15) is 32.1 Å². The molecule has 2 aromatic rings. The lowest BCUT2D eigenvalue weighted by Gasteiger charge is -2.22. The quantitative estimate of drug-likeness (QED) is 0.564. The van der Waals surface area contributed by atoms with E-state index in [0.29, 0.717) is 14.3 Å². The van der Waals surface area contributed by atoms with Crippen molar-refractivity contribution in [1.29, 1.82) is 0 Å².